The summed E-state index contributed by atoms with van der Waals surface area (Å²) in [5.74, 6) is -0.150. The van der Waals surface area contributed by atoms with E-state index >= 15 is 0 Å². The maximum Gasteiger partial charge on any atom is 0.243 e. The first kappa shape index (κ1) is 22.4. The predicted octanol–water partition coefficient (Wildman–Crippen LogP) is 3.55. The minimum absolute atomic E-state index is 0.150. The van der Waals surface area contributed by atoms with Crippen molar-refractivity contribution in [2.24, 2.45) is 5.41 Å². The van der Waals surface area contributed by atoms with E-state index in [9.17, 15) is 13.2 Å². The topological polar surface area (TPSA) is 69.7 Å². The molecule has 0 fully saturated rings. The second-order valence-corrected chi connectivity index (χ2v) is 9.08. The number of nitrogens with zero attached hydrogens (tertiary/aromatic N) is 2. The normalized spacial score (nSPS) is 12.3. The van der Waals surface area contributed by atoms with Crippen molar-refractivity contribution in [1.29, 1.82) is 0 Å². The average molecular weight is 384 g/mol. The van der Waals surface area contributed by atoms with Gasteiger partial charge in [-0.3, -0.25) is 4.79 Å². The predicted molar refractivity (Wildman–Crippen MR) is 108 cm³/mol. The van der Waals surface area contributed by atoms with Crippen LogP contribution in [0, 0.1) is 5.41 Å². The van der Waals surface area contributed by atoms with Crippen LogP contribution in [0.2, 0.25) is 0 Å². The minimum Gasteiger partial charge on any atom is -0.370 e. The monoisotopic (exact) mass is 383 g/mol. The zero-order chi connectivity index (χ0) is 20.1. The molecule has 7 heteroatoms. The Morgan fingerprint density at radius 3 is 1.96 bits per heavy atom. The van der Waals surface area contributed by atoms with Crippen LogP contribution in [0.25, 0.3) is 0 Å². The van der Waals surface area contributed by atoms with Crippen molar-refractivity contribution < 1.29 is 13.2 Å². The fourth-order valence-corrected chi connectivity index (χ4v) is 4.12. The van der Waals surface area contributed by atoms with Gasteiger partial charge >= 0.3 is 0 Å². The van der Waals surface area contributed by atoms with E-state index < -0.39 is 15.4 Å². The fourth-order valence-electron chi connectivity index (χ4n) is 2.64. The smallest absolute Gasteiger partial charge is 0.243 e. The second kappa shape index (κ2) is 8.86. The van der Waals surface area contributed by atoms with E-state index in [1.807, 2.05) is 48.5 Å². The molecule has 1 N–H and O–H groups in total. The molecule has 0 spiro atoms. The molecule has 0 bridgehead atoms. The summed E-state index contributed by atoms with van der Waals surface area (Å²) in [4.78, 5) is 14.8. The van der Waals surface area contributed by atoms with Gasteiger partial charge in [0, 0.05) is 31.6 Å². The zero-order valence-corrected chi connectivity index (χ0v) is 17.9. The number of hydrogen-bond donors (Lipinski definition) is 1. The van der Waals surface area contributed by atoms with E-state index in [2.05, 4.69) is 10.2 Å². The molecular weight excluding hydrogens is 350 g/mol. The van der Waals surface area contributed by atoms with E-state index in [-0.39, 0.29) is 10.8 Å². The number of carbonyl (C=O) groups excluding carboxylic acids is 1. The van der Waals surface area contributed by atoms with Crippen LogP contribution in [0.3, 0.4) is 0 Å². The van der Waals surface area contributed by atoms with Crippen LogP contribution in [0.5, 0.6) is 0 Å². The largest absolute Gasteiger partial charge is 0.370 e. The van der Waals surface area contributed by atoms with Crippen molar-refractivity contribution in [3.8, 4) is 0 Å². The molecular formula is C19H33N3O3S. The zero-order valence-electron chi connectivity index (χ0n) is 17.1. The van der Waals surface area contributed by atoms with E-state index in [1.165, 1.54) is 4.31 Å². The van der Waals surface area contributed by atoms with Gasteiger partial charge < -0.3 is 10.2 Å². The molecule has 0 atom stereocenters. The molecule has 26 heavy (non-hydrogen) atoms. The number of benzene rings is 1. The van der Waals surface area contributed by atoms with E-state index in [0.29, 0.717) is 18.8 Å². The number of amides is 1. The van der Waals surface area contributed by atoms with Crippen molar-refractivity contribution in [2.75, 3.05) is 36.4 Å². The summed E-state index contributed by atoms with van der Waals surface area (Å²) < 4.78 is 27.1. The summed E-state index contributed by atoms with van der Waals surface area (Å²) in [5, 5.41) is 2.92. The van der Waals surface area contributed by atoms with Crippen LogP contribution >= 0.6 is 0 Å². The highest BCUT2D eigenvalue weighted by molar-refractivity contribution is 7.89. The Hall–Kier alpha value is -1.60. The Balaban J connectivity index is 3.48. The number of sulfonamides is 1. The third-order valence-electron chi connectivity index (χ3n) is 4.34. The number of nitrogens with one attached hydrogen (secondary N) is 1. The summed E-state index contributed by atoms with van der Waals surface area (Å²) in [6.07, 6.45) is 0. The van der Waals surface area contributed by atoms with Crippen molar-refractivity contribution in [2.45, 2.75) is 53.4 Å². The Morgan fingerprint density at radius 2 is 1.54 bits per heavy atom. The van der Waals surface area contributed by atoms with Crippen molar-refractivity contribution in [1.82, 2.24) is 4.31 Å². The van der Waals surface area contributed by atoms with Gasteiger partial charge in [-0.2, -0.15) is 4.31 Å². The standard InChI is InChI=1S/C19H33N3O3S/c1-8-21(9-2)17-13-12-15(26(24,25)22(10-3)11-4)14-16(17)20-18(23)19(5,6)7/h12-14H,8-11H2,1-7H3,(H,20,23). The summed E-state index contributed by atoms with van der Waals surface area (Å²) in [5.41, 5.74) is 0.779. The molecule has 1 rings (SSSR count). The third kappa shape index (κ3) is 4.98. The molecule has 1 amide bonds. The lowest BCUT2D eigenvalue weighted by Crippen LogP contribution is -2.32. The van der Waals surface area contributed by atoms with Crippen LogP contribution in [0.15, 0.2) is 23.1 Å². The van der Waals surface area contributed by atoms with Crippen LogP contribution in [-0.2, 0) is 14.8 Å². The maximum absolute atomic E-state index is 12.8. The lowest BCUT2D eigenvalue weighted by molar-refractivity contribution is -0.123. The highest BCUT2D eigenvalue weighted by atomic mass is 32.2. The molecule has 0 unspecified atom stereocenters. The Labute approximate surface area is 158 Å². The van der Waals surface area contributed by atoms with Gasteiger partial charge in [-0.05, 0) is 32.0 Å². The SMILES string of the molecule is CCN(CC)c1ccc(S(=O)(=O)N(CC)CC)cc1NC(=O)C(C)(C)C. The summed E-state index contributed by atoms with van der Waals surface area (Å²) >= 11 is 0. The number of hydrogen-bond acceptors (Lipinski definition) is 4. The summed E-state index contributed by atoms with van der Waals surface area (Å²) in [6, 6.07) is 4.97. The second-order valence-electron chi connectivity index (χ2n) is 7.14. The summed E-state index contributed by atoms with van der Waals surface area (Å²) in [6.45, 7) is 15.5. The Bertz CT molecular complexity index is 716. The quantitative estimate of drug-likeness (QED) is 0.745. The Morgan fingerprint density at radius 1 is 1.00 bits per heavy atom. The first-order chi connectivity index (χ1) is 12.0. The molecule has 6 nitrogen and oxygen atoms in total. The number of anilines is 2. The highest BCUT2D eigenvalue weighted by Crippen LogP contribution is 2.31. The molecule has 148 valence electrons. The molecule has 1 aromatic carbocycles. The van der Waals surface area contributed by atoms with Gasteiger partial charge in [-0.15, -0.1) is 0 Å². The summed E-state index contributed by atoms with van der Waals surface area (Å²) in [7, 11) is -3.59. The van der Waals surface area contributed by atoms with E-state index in [0.717, 1.165) is 18.8 Å². The Kier molecular flexibility index (Phi) is 7.65. The van der Waals surface area contributed by atoms with Crippen molar-refractivity contribution >= 4 is 27.3 Å². The maximum atomic E-state index is 12.8. The van der Waals surface area contributed by atoms with Gasteiger partial charge in [0.25, 0.3) is 0 Å². The lowest BCUT2D eigenvalue weighted by atomic mass is 9.95. The molecule has 0 saturated heterocycles. The minimum atomic E-state index is -3.59. The molecule has 1 aromatic rings. The van der Waals surface area contributed by atoms with Gasteiger partial charge in [0.2, 0.25) is 15.9 Å². The van der Waals surface area contributed by atoms with Crippen LogP contribution in [-0.4, -0.2) is 44.8 Å². The molecule has 0 radical (unpaired) electrons. The first-order valence-corrected chi connectivity index (χ1v) is 10.7. The molecule has 0 aliphatic carbocycles. The van der Waals surface area contributed by atoms with Crippen LogP contribution in [0.1, 0.15) is 48.5 Å². The van der Waals surface area contributed by atoms with Gasteiger partial charge in [-0.1, -0.05) is 34.6 Å². The van der Waals surface area contributed by atoms with Gasteiger partial charge in [0.05, 0.1) is 16.3 Å². The fraction of sp³-hybridized carbons (Fsp3) is 0.632. The third-order valence-corrected chi connectivity index (χ3v) is 6.39. The van der Waals surface area contributed by atoms with Gasteiger partial charge in [0.1, 0.15) is 0 Å². The van der Waals surface area contributed by atoms with Gasteiger partial charge in [-0.25, -0.2) is 8.42 Å². The molecule has 0 saturated carbocycles. The lowest BCUT2D eigenvalue weighted by Gasteiger charge is -2.27. The van der Waals surface area contributed by atoms with Gasteiger partial charge in [0.15, 0.2) is 0 Å². The molecule has 0 aliphatic heterocycles. The van der Waals surface area contributed by atoms with Crippen molar-refractivity contribution in [3.63, 3.8) is 0 Å². The molecule has 0 aromatic heterocycles. The highest BCUT2D eigenvalue weighted by Gasteiger charge is 2.26. The average Bonchev–Trinajstić information content (AvgIpc) is 2.57. The van der Waals surface area contributed by atoms with Crippen LogP contribution in [0.4, 0.5) is 11.4 Å². The van der Waals surface area contributed by atoms with E-state index in [4.69, 9.17) is 0 Å². The number of rotatable bonds is 8. The molecule has 0 heterocycles. The van der Waals surface area contributed by atoms with Crippen LogP contribution < -0.4 is 10.2 Å². The molecule has 0 aliphatic rings. The first-order valence-electron chi connectivity index (χ1n) is 9.23. The van der Waals surface area contributed by atoms with Crippen molar-refractivity contribution in [3.05, 3.63) is 18.2 Å². The number of carbonyl (C=O) groups is 1. The van der Waals surface area contributed by atoms with E-state index in [1.54, 1.807) is 18.2 Å².